The fourth-order valence-corrected chi connectivity index (χ4v) is 2.83. The number of carbonyl (C=O) groups is 1. The van der Waals surface area contributed by atoms with Crippen molar-refractivity contribution in [2.24, 2.45) is 11.1 Å². The second kappa shape index (κ2) is 6.48. The zero-order valence-electron chi connectivity index (χ0n) is 13.0. The van der Waals surface area contributed by atoms with Crippen LogP contribution in [-0.2, 0) is 11.2 Å². The zero-order chi connectivity index (χ0) is 15.5. The quantitative estimate of drug-likeness (QED) is 0.894. The minimum absolute atomic E-state index is 0.0428. The Kier molecular flexibility index (Phi) is 4.88. The van der Waals surface area contributed by atoms with Crippen LogP contribution in [0.15, 0.2) is 24.3 Å². The van der Waals surface area contributed by atoms with E-state index < -0.39 is 6.04 Å². The fraction of sp³-hybridized carbons (Fsp3) is 0.588. The average Bonchev–Trinajstić information content (AvgIpc) is 2.49. The van der Waals surface area contributed by atoms with Crippen LogP contribution >= 0.6 is 0 Å². The van der Waals surface area contributed by atoms with E-state index in [2.05, 4.69) is 13.8 Å². The summed E-state index contributed by atoms with van der Waals surface area (Å²) in [6.07, 6.45) is 3.79. The summed E-state index contributed by atoms with van der Waals surface area (Å²) in [6.45, 7) is 6.14. The molecule has 1 amide bonds. The van der Waals surface area contributed by atoms with Gasteiger partial charge in [-0.05, 0) is 42.4 Å². The molecule has 1 aromatic carbocycles. The van der Waals surface area contributed by atoms with Crippen molar-refractivity contribution in [1.82, 2.24) is 4.90 Å². The normalized spacial score (nSPS) is 19.3. The maximum absolute atomic E-state index is 12.4. The number of likely N-dealkylation sites (tertiary alicyclic amines) is 1. The number of carbonyl (C=O) groups excluding carboxylic acids is 1. The van der Waals surface area contributed by atoms with E-state index in [0.717, 1.165) is 37.9 Å². The Morgan fingerprint density at radius 2 is 1.90 bits per heavy atom. The van der Waals surface area contributed by atoms with Gasteiger partial charge in [-0.25, -0.2) is 0 Å². The van der Waals surface area contributed by atoms with E-state index in [0.29, 0.717) is 11.8 Å². The van der Waals surface area contributed by atoms with Crippen molar-refractivity contribution in [3.8, 4) is 5.75 Å². The summed E-state index contributed by atoms with van der Waals surface area (Å²) in [5, 5.41) is 9.27. The first-order valence-electron chi connectivity index (χ1n) is 7.76. The lowest BCUT2D eigenvalue weighted by Gasteiger charge is -2.39. The summed E-state index contributed by atoms with van der Waals surface area (Å²) in [5.74, 6) is 0.273. The van der Waals surface area contributed by atoms with Crippen molar-refractivity contribution >= 4 is 5.91 Å². The molecule has 4 nitrogen and oxygen atoms in total. The number of hydrogen-bond acceptors (Lipinski definition) is 3. The van der Waals surface area contributed by atoms with Crippen LogP contribution in [0.4, 0.5) is 0 Å². The third-order valence-corrected chi connectivity index (χ3v) is 4.84. The highest BCUT2D eigenvalue weighted by molar-refractivity contribution is 5.82. The van der Waals surface area contributed by atoms with Gasteiger partial charge in [-0.15, -0.1) is 0 Å². The Labute approximate surface area is 126 Å². The minimum Gasteiger partial charge on any atom is -0.508 e. The number of piperidine rings is 1. The molecule has 116 valence electrons. The van der Waals surface area contributed by atoms with Crippen LogP contribution in [0.1, 0.15) is 38.7 Å². The van der Waals surface area contributed by atoms with Crippen LogP contribution in [0.5, 0.6) is 5.75 Å². The maximum atomic E-state index is 12.4. The number of rotatable bonds is 4. The number of phenols is 1. The summed E-state index contributed by atoms with van der Waals surface area (Å²) in [4.78, 5) is 14.3. The molecule has 1 heterocycles. The van der Waals surface area contributed by atoms with Crippen LogP contribution in [0.2, 0.25) is 0 Å². The molecule has 1 fully saturated rings. The predicted octanol–water partition coefficient (Wildman–Crippen LogP) is 2.30. The van der Waals surface area contributed by atoms with Gasteiger partial charge in [-0.2, -0.15) is 0 Å². The maximum Gasteiger partial charge on any atom is 0.239 e. The van der Waals surface area contributed by atoms with Gasteiger partial charge < -0.3 is 15.7 Å². The van der Waals surface area contributed by atoms with E-state index in [4.69, 9.17) is 5.73 Å². The molecule has 3 N–H and O–H groups in total. The summed E-state index contributed by atoms with van der Waals surface area (Å²) < 4.78 is 0. The standard InChI is InChI=1S/C17H26N2O2/c1-3-17(2)8-10-19(11-9-17)16(21)15(18)12-13-4-6-14(20)7-5-13/h4-7,15,20H,3,8-12,18H2,1-2H3/t15-/m1/s1. The molecule has 1 saturated heterocycles. The number of amides is 1. The van der Waals surface area contributed by atoms with Gasteiger partial charge in [0.05, 0.1) is 6.04 Å². The lowest BCUT2D eigenvalue weighted by Crippen LogP contribution is -2.49. The topological polar surface area (TPSA) is 66.6 Å². The molecule has 0 aliphatic carbocycles. The monoisotopic (exact) mass is 290 g/mol. The molecule has 1 aliphatic heterocycles. The number of nitrogens with two attached hydrogens (primary N) is 1. The molecule has 0 unspecified atom stereocenters. The van der Waals surface area contributed by atoms with Crippen molar-refractivity contribution < 1.29 is 9.90 Å². The molecule has 0 bridgehead atoms. The zero-order valence-corrected chi connectivity index (χ0v) is 13.0. The molecular formula is C17H26N2O2. The molecule has 0 spiro atoms. The lowest BCUT2D eigenvalue weighted by molar-refractivity contribution is -0.134. The second-order valence-electron chi connectivity index (χ2n) is 6.47. The summed E-state index contributed by atoms with van der Waals surface area (Å²) in [5.41, 5.74) is 7.41. The van der Waals surface area contributed by atoms with Gasteiger partial charge in [0.25, 0.3) is 0 Å². The molecule has 0 saturated carbocycles. The third-order valence-electron chi connectivity index (χ3n) is 4.84. The minimum atomic E-state index is -0.500. The van der Waals surface area contributed by atoms with E-state index in [1.165, 1.54) is 0 Å². The van der Waals surface area contributed by atoms with Crippen LogP contribution in [-0.4, -0.2) is 35.0 Å². The first-order valence-corrected chi connectivity index (χ1v) is 7.76. The van der Waals surface area contributed by atoms with Gasteiger partial charge in [0.15, 0.2) is 0 Å². The highest BCUT2D eigenvalue weighted by atomic mass is 16.3. The van der Waals surface area contributed by atoms with Crippen molar-refractivity contribution in [2.75, 3.05) is 13.1 Å². The van der Waals surface area contributed by atoms with Gasteiger partial charge in [-0.3, -0.25) is 4.79 Å². The molecule has 0 aromatic heterocycles. The van der Waals surface area contributed by atoms with Crippen LogP contribution < -0.4 is 5.73 Å². The highest BCUT2D eigenvalue weighted by Crippen LogP contribution is 2.34. The van der Waals surface area contributed by atoms with Gasteiger partial charge in [0.2, 0.25) is 5.91 Å². The van der Waals surface area contributed by atoms with E-state index in [1.54, 1.807) is 12.1 Å². The van der Waals surface area contributed by atoms with Gasteiger partial charge >= 0.3 is 0 Å². The Hall–Kier alpha value is -1.55. The van der Waals surface area contributed by atoms with Crippen molar-refractivity contribution in [3.05, 3.63) is 29.8 Å². The SMILES string of the molecule is CCC1(C)CCN(C(=O)[C@H](N)Cc2ccc(O)cc2)CC1. The van der Waals surface area contributed by atoms with E-state index in [-0.39, 0.29) is 11.7 Å². The van der Waals surface area contributed by atoms with Crippen LogP contribution in [0.3, 0.4) is 0 Å². The summed E-state index contributed by atoms with van der Waals surface area (Å²) >= 11 is 0. The van der Waals surface area contributed by atoms with Gasteiger partial charge in [-0.1, -0.05) is 32.4 Å². The van der Waals surface area contributed by atoms with E-state index in [9.17, 15) is 9.90 Å². The Balaban J connectivity index is 1.90. The van der Waals surface area contributed by atoms with E-state index >= 15 is 0 Å². The van der Waals surface area contributed by atoms with Crippen molar-refractivity contribution in [2.45, 2.75) is 45.6 Å². The summed E-state index contributed by atoms with van der Waals surface area (Å²) in [6, 6.07) is 6.38. The number of nitrogens with zero attached hydrogens (tertiary/aromatic N) is 1. The molecule has 2 rings (SSSR count). The van der Waals surface area contributed by atoms with Crippen molar-refractivity contribution in [1.29, 1.82) is 0 Å². The number of benzene rings is 1. The Bertz CT molecular complexity index is 476. The fourth-order valence-electron chi connectivity index (χ4n) is 2.83. The third kappa shape index (κ3) is 3.97. The number of phenolic OH excluding ortho intramolecular Hbond substituents is 1. The largest absolute Gasteiger partial charge is 0.508 e. The van der Waals surface area contributed by atoms with E-state index in [1.807, 2.05) is 17.0 Å². The first kappa shape index (κ1) is 15.8. The molecule has 1 aliphatic rings. The van der Waals surface area contributed by atoms with Gasteiger partial charge in [0, 0.05) is 13.1 Å². The molecule has 1 atom stereocenters. The molecule has 21 heavy (non-hydrogen) atoms. The first-order chi connectivity index (χ1) is 9.93. The van der Waals surface area contributed by atoms with Gasteiger partial charge in [0.1, 0.15) is 5.75 Å². The highest BCUT2D eigenvalue weighted by Gasteiger charge is 2.31. The average molecular weight is 290 g/mol. The number of aromatic hydroxyl groups is 1. The molecular weight excluding hydrogens is 264 g/mol. The second-order valence-corrected chi connectivity index (χ2v) is 6.47. The Morgan fingerprint density at radius 1 is 1.33 bits per heavy atom. The van der Waals surface area contributed by atoms with Crippen LogP contribution in [0, 0.1) is 5.41 Å². The summed E-state index contributed by atoms with van der Waals surface area (Å²) in [7, 11) is 0. The molecule has 4 heteroatoms. The van der Waals surface area contributed by atoms with Crippen LogP contribution in [0.25, 0.3) is 0 Å². The smallest absolute Gasteiger partial charge is 0.239 e. The van der Waals surface area contributed by atoms with Crippen molar-refractivity contribution in [3.63, 3.8) is 0 Å². The predicted molar refractivity (Wildman–Crippen MR) is 84.0 cm³/mol. The lowest BCUT2D eigenvalue weighted by atomic mass is 9.78. The Morgan fingerprint density at radius 3 is 2.43 bits per heavy atom. The molecule has 1 aromatic rings. The number of hydrogen-bond donors (Lipinski definition) is 2. The molecule has 0 radical (unpaired) electrons.